The minimum Gasteiger partial charge on any atom is -0.369 e. The van der Waals surface area contributed by atoms with Crippen molar-refractivity contribution in [2.24, 2.45) is 0 Å². The summed E-state index contributed by atoms with van der Waals surface area (Å²) < 4.78 is 13.1. The lowest BCUT2D eigenvalue weighted by molar-refractivity contribution is 0.313. The quantitative estimate of drug-likeness (QED) is 0.680. The molecule has 1 aliphatic heterocycles. The van der Waals surface area contributed by atoms with Gasteiger partial charge in [-0.1, -0.05) is 0 Å². The number of anilines is 5. The van der Waals surface area contributed by atoms with Gasteiger partial charge in [0.1, 0.15) is 23.3 Å². The molecule has 1 saturated heterocycles. The van der Waals surface area contributed by atoms with Gasteiger partial charge in [0.15, 0.2) is 0 Å². The van der Waals surface area contributed by atoms with Crippen molar-refractivity contribution in [2.75, 3.05) is 48.8 Å². The number of nitrogens with one attached hydrogen (secondary N) is 2. The lowest BCUT2D eigenvalue weighted by Gasteiger charge is -2.34. The van der Waals surface area contributed by atoms with Crippen molar-refractivity contribution in [3.05, 3.63) is 66.2 Å². The second kappa shape index (κ2) is 8.45. The first-order chi connectivity index (χ1) is 14.0. The third kappa shape index (κ3) is 5.00. The zero-order valence-corrected chi connectivity index (χ0v) is 16.7. The molecule has 3 aromatic rings. The molecule has 150 valence electrons. The van der Waals surface area contributed by atoms with E-state index in [4.69, 9.17) is 0 Å². The van der Waals surface area contributed by atoms with E-state index in [0.29, 0.717) is 17.5 Å². The number of benzene rings is 2. The van der Waals surface area contributed by atoms with Gasteiger partial charge in [0, 0.05) is 49.3 Å². The van der Waals surface area contributed by atoms with E-state index in [9.17, 15) is 4.39 Å². The number of nitrogens with zero attached hydrogens (tertiary/aromatic N) is 4. The third-order valence-corrected chi connectivity index (χ3v) is 4.96. The number of aromatic nitrogens is 2. The Morgan fingerprint density at radius 2 is 1.31 bits per heavy atom. The normalized spacial score (nSPS) is 14.7. The Morgan fingerprint density at radius 3 is 1.86 bits per heavy atom. The smallest absolute Gasteiger partial charge is 0.136 e. The van der Waals surface area contributed by atoms with Crippen molar-refractivity contribution in [1.82, 2.24) is 14.9 Å². The summed E-state index contributed by atoms with van der Waals surface area (Å²) in [6.45, 7) is 6.12. The molecule has 1 aliphatic rings. The minimum absolute atomic E-state index is 0.267. The molecule has 0 saturated carbocycles. The molecule has 0 bridgehead atoms. The van der Waals surface area contributed by atoms with Gasteiger partial charge >= 0.3 is 0 Å². The SMILES string of the molecule is Cc1nc(Nc2ccc(F)cc2)cc(Nc2ccc(N3CCN(C)CC3)cc2)n1. The predicted octanol–water partition coefficient (Wildman–Crippen LogP) is 4.16. The maximum atomic E-state index is 13.1. The van der Waals surface area contributed by atoms with Crippen LogP contribution in [-0.4, -0.2) is 48.1 Å². The molecule has 2 N–H and O–H groups in total. The zero-order valence-electron chi connectivity index (χ0n) is 16.7. The Balaban J connectivity index is 1.44. The van der Waals surface area contributed by atoms with Gasteiger partial charge in [0.25, 0.3) is 0 Å². The van der Waals surface area contributed by atoms with Crippen LogP contribution in [0.4, 0.5) is 33.1 Å². The zero-order chi connectivity index (χ0) is 20.2. The number of likely N-dealkylation sites (N-methyl/N-ethyl adjacent to an activating group) is 1. The second-order valence-corrected chi connectivity index (χ2v) is 7.28. The van der Waals surface area contributed by atoms with Crippen LogP contribution >= 0.6 is 0 Å². The van der Waals surface area contributed by atoms with Crippen molar-refractivity contribution in [2.45, 2.75) is 6.92 Å². The van der Waals surface area contributed by atoms with Gasteiger partial charge in [-0.2, -0.15) is 0 Å². The van der Waals surface area contributed by atoms with Crippen LogP contribution < -0.4 is 15.5 Å². The summed E-state index contributed by atoms with van der Waals surface area (Å²) in [5.74, 6) is 1.74. The van der Waals surface area contributed by atoms with Crippen LogP contribution in [0.2, 0.25) is 0 Å². The van der Waals surface area contributed by atoms with E-state index in [-0.39, 0.29) is 5.82 Å². The van der Waals surface area contributed by atoms with Crippen LogP contribution in [0.25, 0.3) is 0 Å². The Morgan fingerprint density at radius 1 is 0.793 bits per heavy atom. The molecule has 0 atom stereocenters. The molecular formula is C22H25FN6. The molecule has 0 amide bonds. The first-order valence-corrected chi connectivity index (χ1v) is 9.74. The molecule has 0 radical (unpaired) electrons. The van der Waals surface area contributed by atoms with E-state index in [1.807, 2.05) is 13.0 Å². The molecule has 1 fully saturated rings. The number of halogens is 1. The Kier molecular flexibility index (Phi) is 5.57. The van der Waals surface area contributed by atoms with Crippen LogP contribution in [0.3, 0.4) is 0 Å². The van der Waals surface area contributed by atoms with E-state index in [0.717, 1.165) is 37.6 Å². The molecular weight excluding hydrogens is 367 g/mol. The van der Waals surface area contributed by atoms with Gasteiger partial charge in [-0.05, 0) is 62.5 Å². The van der Waals surface area contributed by atoms with Crippen molar-refractivity contribution in [3.8, 4) is 0 Å². The van der Waals surface area contributed by atoms with E-state index in [2.05, 4.69) is 61.7 Å². The summed E-state index contributed by atoms with van der Waals surface area (Å²) in [7, 11) is 2.16. The summed E-state index contributed by atoms with van der Waals surface area (Å²) in [6.07, 6.45) is 0. The van der Waals surface area contributed by atoms with Crippen molar-refractivity contribution >= 4 is 28.7 Å². The van der Waals surface area contributed by atoms with Gasteiger partial charge in [0.05, 0.1) is 0 Å². The molecule has 29 heavy (non-hydrogen) atoms. The predicted molar refractivity (Wildman–Crippen MR) is 116 cm³/mol. The number of aryl methyl sites for hydroxylation is 1. The average Bonchev–Trinajstić information content (AvgIpc) is 2.71. The molecule has 2 heterocycles. The maximum Gasteiger partial charge on any atom is 0.136 e. The van der Waals surface area contributed by atoms with E-state index < -0.39 is 0 Å². The van der Waals surface area contributed by atoms with Crippen LogP contribution in [0.1, 0.15) is 5.82 Å². The van der Waals surface area contributed by atoms with Crippen LogP contribution in [0, 0.1) is 12.7 Å². The number of hydrogen-bond donors (Lipinski definition) is 2. The summed E-state index contributed by atoms with van der Waals surface area (Å²) in [6, 6.07) is 16.4. The highest BCUT2D eigenvalue weighted by atomic mass is 19.1. The molecule has 0 spiro atoms. The van der Waals surface area contributed by atoms with Gasteiger partial charge < -0.3 is 20.4 Å². The van der Waals surface area contributed by atoms with Crippen LogP contribution in [0.15, 0.2) is 54.6 Å². The lowest BCUT2D eigenvalue weighted by Crippen LogP contribution is -2.44. The van der Waals surface area contributed by atoms with Crippen LogP contribution in [0.5, 0.6) is 0 Å². The van der Waals surface area contributed by atoms with E-state index in [1.165, 1.54) is 17.8 Å². The first kappa shape index (κ1) is 19.1. The number of rotatable bonds is 5. The van der Waals surface area contributed by atoms with Crippen molar-refractivity contribution in [3.63, 3.8) is 0 Å². The highest BCUT2D eigenvalue weighted by Gasteiger charge is 2.14. The molecule has 7 heteroatoms. The maximum absolute atomic E-state index is 13.1. The van der Waals surface area contributed by atoms with E-state index >= 15 is 0 Å². The second-order valence-electron chi connectivity index (χ2n) is 7.28. The number of piperazine rings is 1. The summed E-state index contributed by atoms with van der Waals surface area (Å²) in [5, 5.41) is 6.52. The average molecular weight is 392 g/mol. The fourth-order valence-corrected chi connectivity index (χ4v) is 3.34. The molecule has 0 unspecified atom stereocenters. The largest absolute Gasteiger partial charge is 0.369 e. The minimum atomic E-state index is -0.267. The Labute approximate surface area is 170 Å². The fraction of sp³-hybridized carbons (Fsp3) is 0.273. The number of hydrogen-bond acceptors (Lipinski definition) is 6. The molecule has 1 aromatic heterocycles. The summed E-state index contributed by atoms with van der Waals surface area (Å²) in [5.41, 5.74) is 2.97. The third-order valence-electron chi connectivity index (χ3n) is 4.96. The summed E-state index contributed by atoms with van der Waals surface area (Å²) in [4.78, 5) is 13.6. The van der Waals surface area contributed by atoms with Crippen molar-refractivity contribution in [1.29, 1.82) is 0 Å². The Hall–Kier alpha value is -3.19. The first-order valence-electron chi connectivity index (χ1n) is 9.74. The monoisotopic (exact) mass is 392 g/mol. The summed E-state index contributed by atoms with van der Waals surface area (Å²) >= 11 is 0. The molecule has 0 aliphatic carbocycles. The Bertz CT molecular complexity index is 950. The standard InChI is InChI=1S/C22H25FN6/c1-16-24-21(26-18-5-3-17(23)4-6-18)15-22(25-16)27-19-7-9-20(10-8-19)29-13-11-28(2)12-14-29/h3-10,15H,11-14H2,1-2H3,(H2,24,25,26,27). The molecule has 4 rings (SSSR count). The van der Waals surface area contributed by atoms with Crippen LogP contribution in [-0.2, 0) is 0 Å². The fourth-order valence-electron chi connectivity index (χ4n) is 3.34. The topological polar surface area (TPSA) is 56.3 Å². The van der Waals surface area contributed by atoms with Gasteiger partial charge in [-0.25, -0.2) is 14.4 Å². The van der Waals surface area contributed by atoms with E-state index in [1.54, 1.807) is 12.1 Å². The van der Waals surface area contributed by atoms with Gasteiger partial charge in [0.2, 0.25) is 0 Å². The molecule has 6 nitrogen and oxygen atoms in total. The highest BCUT2D eigenvalue weighted by Crippen LogP contribution is 2.23. The highest BCUT2D eigenvalue weighted by molar-refractivity contribution is 5.65. The van der Waals surface area contributed by atoms with Crippen molar-refractivity contribution < 1.29 is 4.39 Å². The van der Waals surface area contributed by atoms with Gasteiger partial charge in [-0.3, -0.25) is 0 Å². The van der Waals surface area contributed by atoms with Gasteiger partial charge in [-0.15, -0.1) is 0 Å². The lowest BCUT2D eigenvalue weighted by atomic mass is 10.2. The molecule has 2 aromatic carbocycles.